The minimum absolute atomic E-state index is 0.149. The molecule has 4 N–H and O–H groups in total. The van der Waals surface area contributed by atoms with Crippen LogP contribution in [0.2, 0.25) is 0 Å². The van der Waals surface area contributed by atoms with Crippen LogP contribution in [0, 0.1) is 0 Å². The van der Waals surface area contributed by atoms with E-state index in [9.17, 15) is 14.4 Å². The minimum atomic E-state index is -0.968. The van der Waals surface area contributed by atoms with Crippen LogP contribution in [-0.2, 0) is 20.8 Å². The first kappa shape index (κ1) is 15.7. The van der Waals surface area contributed by atoms with Crippen molar-refractivity contribution >= 4 is 17.7 Å². The molecule has 108 valence electrons. The van der Waals surface area contributed by atoms with E-state index in [0.29, 0.717) is 13.0 Å². The Morgan fingerprint density at radius 3 is 2.40 bits per heavy atom. The van der Waals surface area contributed by atoms with E-state index in [0.717, 1.165) is 5.56 Å². The number of primary amides is 1. The molecule has 0 spiro atoms. The summed E-state index contributed by atoms with van der Waals surface area (Å²) in [7, 11) is 0. The molecule has 6 heteroatoms. The van der Waals surface area contributed by atoms with Crippen LogP contribution in [0.5, 0.6) is 0 Å². The summed E-state index contributed by atoms with van der Waals surface area (Å²) in [5.41, 5.74) is 6.23. The summed E-state index contributed by atoms with van der Waals surface area (Å²) in [4.78, 5) is 33.6. The van der Waals surface area contributed by atoms with Crippen LogP contribution in [0.25, 0.3) is 0 Å². The van der Waals surface area contributed by atoms with E-state index in [1.54, 1.807) is 0 Å². The smallest absolute Gasteiger partial charge is 0.240 e. The Labute approximate surface area is 117 Å². The zero-order valence-corrected chi connectivity index (χ0v) is 11.4. The third kappa shape index (κ3) is 5.99. The van der Waals surface area contributed by atoms with Gasteiger partial charge < -0.3 is 16.4 Å². The van der Waals surface area contributed by atoms with E-state index in [4.69, 9.17) is 5.73 Å². The van der Waals surface area contributed by atoms with Gasteiger partial charge in [0.1, 0.15) is 6.04 Å². The number of carbonyl (C=O) groups excluding carboxylic acids is 3. The number of carbonyl (C=O) groups is 3. The third-order valence-electron chi connectivity index (χ3n) is 2.69. The molecule has 0 aliphatic rings. The SMILES string of the molecule is CC(=O)NC(CC(=O)NCCc1ccccc1)C(N)=O. The molecule has 0 aliphatic heterocycles. The molecule has 0 aromatic heterocycles. The van der Waals surface area contributed by atoms with E-state index >= 15 is 0 Å². The minimum Gasteiger partial charge on any atom is -0.368 e. The van der Waals surface area contributed by atoms with Gasteiger partial charge in [-0.1, -0.05) is 30.3 Å². The van der Waals surface area contributed by atoms with Crippen molar-refractivity contribution in [3.05, 3.63) is 35.9 Å². The highest BCUT2D eigenvalue weighted by molar-refractivity contribution is 5.90. The van der Waals surface area contributed by atoms with E-state index < -0.39 is 17.9 Å². The maximum Gasteiger partial charge on any atom is 0.240 e. The quantitative estimate of drug-likeness (QED) is 0.639. The van der Waals surface area contributed by atoms with Gasteiger partial charge in [-0.25, -0.2) is 0 Å². The van der Waals surface area contributed by atoms with Gasteiger partial charge in [0.25, 0.3) is 0 Å². The van der Waals surface area contributed by atoms with Crippen LogP contribution >= 0.6 is 0 Å². The lowest BCUT2D eigenvalue weighted by atomic mass is 10.1. The Bertz CT molecular complexity index is 474. The van der Waals surface area contributed by atoms with Crippen LogP contribution in [-0.4, -0.2) is 30.3 Å². The number of benzene rings is 1. The van der Waals surface area contributed by atoms with Crippen LogP contribution in [0.15, 0.2) is 30.3 Å². The van der Waals surface area contributed by atoms with Crippen molar-refractivity contribution < 1.29 is 14.4 Å². The van der Waals surface area contributed by atoms with Gasteiger partial charge in [-0.2, -0.15) is 0 Å². The molecule has 1 aromatic rings. The first-order valence-electron chi connectivity index (χ1n) is 6.36. The van der Waals surface area contributed by atoms with Crippen molar-refractivity contribution in [3.63, 3.8) is 0 Å². The summed E-state index contributed by atoms with van der Waals surface area (Å²) in [6.07, 6.45) is 0.553. The number of hydrogen-bond acceptors (Lipinski definition) is 3. The molecular weight excluding hydrogens is 258 g/mol. The summed E-state index contributed by atoms with van der Waals surface area (Å²) in [5.74, 6) is -1.44. The molecule has 20 heavy (non-hydrogen) atoms. The highest BCUT2D eigenvalue weighted by atomic mass is 16.2. The standard InChI is InChI=1S/C14H19N3O3/c1-10(18)17-12(14(15)20)9-13(19)16-8-7-11-5-3-2-4-6-11/h2-6,12H,7-9H2,1H3,(H2,15,20)(H,16,19)(H,17,18). The van der Waals surface area contributed by atoms with Crippen molar-refractivity contribution in [3.8, 4) is 0 Å². The normalized spacial score (nSPS) is 11.4. The second-order valence-electron chi connectivity index (χ2n) is 4.45. The number of hydrogen-bond donors (Lipinski definition) is 3. The van der Waals surface area contributed by atoms with E-state index in [-0.39, 0.29) is 12.3 Å². The molecular formula is C14H19N3O3. The molecule has 6 nitrogen and oxygen atoms in total. The average Bonchev–Trinajstić information content (AvgIpc) is 2.38. The van der Waals surface area contributed by atoms with Crippen molar-refractivity contribution in [2.45, 2.75) is 25.8 Å². The number of nitrogens with two attached hydrogens (primary N) is 1. The molecule has 1 unspecified atom stereocenters. The Balaban J connectivity index is 2.35. The summed E-state index contributed by atoms with van der Waals surface area (Å²) >= 11 is 0. The zero-order chi connectivity index (χ0) is 15.0. The predicted molar refractivity (Wildman–Crippen MR) is 74.6 cm³/mol. The highest BCUT2D eigenvalue weighted by Crippen LogP contribution is 1.98. The molecule has 0 heterocycles. The Kier molecular flexibility index (Phi) is 6.22. The number of nitrogens with one attached hydrogen (secondary N) is 2. The van der Waals surface area contributed by atoms with Crippen LogP contribution in [0.4, 0.5) is 0 Å². The molecule has 0 fully saturated rings. The Morgan fingerprint density at radius 2 is 1.85 bits per heavy atom. The fourth-order valence-corrected chi connectivity index (χ4v) is 1.72. The van der Waals surface area contributed by atoms with Crippen LogP contribution in [0.1, 0.15) is 18.9 Å². The van der Waals surface area contributed by atoms with Crippen molar-refractivity contribution in [2.75, 3.05) is 6.54 Å². The first-order chi connectivity index (χ1) is 9.49. The summed E-state index contributed by atoms with van der Waals surface area (Å²) < 4.78 is 0. The molecule has 1 atom stereocenters. The Morgan fingerprint density at radius 1 is 1.20 bits per heavy atom. The maximum absolute atomic E-state index is 11.7. The average molecular weight is 277 g/mol. The molecule has 1 aromatic carbocycles. The van der Waals surface area contributed by atoms with Crippen molar-refractivity contribution in [1.29, 1.82) is 0 Å². The molecule has 3 amide bonds. The summed E-state index contributed by atoms with van der Waals surface area (Å²) in [6, 6.07) is 8.75. The number of amides is 3. The molecule has 0 saturated heterocycles. The first-order valence-corrected chi connectivity index (χ1v) is 6.36. The molecule has 0 radical (unpaired) electrons. The predicted octanol–water partition coefficient (Wildman–Crippen LogP) is -0.275. The van der Waals surface area contributed by atoms with Gasteiger partial charge in [0.2, 0.25) is 17.7 Å². The molecule has 0 saturated carbocycles. The van der Waals surface area contributed by atoms with E-state index in [1.165, 1.54) is 6.92 Å². The maximum atomic E-state index is 11.7. The third-order valence-corrected chi connectivity index (χ3v) is 2.69. The Hall–Kier alpha value is -2.37. The van der Waals surface area contributed by atoms with Gasteiger partial charge in [-0.15, -0.1) is 0 Å². The van der Waals surface area contributed by atoms with Crippen molar-refractivity contribution in [1.82, 2.24) is 10.6 Å². The lowest BCUT2D eigenvalue weighted by Crippen LogP contribution is -2.46. The second-order valence-corrected chi connectivity index (χ2v) is 4.45. The van der Waals surface area contributed by atoms with Crippen LogP contribution in [0.3, 0.4) is 0 Å². The highest BCUT2D eigenvalue weighted by Gasteiger charge is 2.19. The molecule has 0 bridgehead atoms. The topological polar surface area (TPSA) is 101 Å². The van der Waals surface area contributed by atoms with Gasteiger partial charge in [0.05, 0.1) is 6.42 Å². The second kappa shape index (κ2) is 7.93. The number of rotatable bonds is 7. The zero-order valence-electron chi connectivity index (χ0n) is 11.4. The fraction of sp³-hybridized carbons (Fsp3) is 0.357. The largest absolute Gasteiger partial charge is 0.368 e. The van der Waals surface area contributed by atoms with E-state index in [1.807, 2.05) is 30.3 Å². The summed E-state index contributed by atoms with van der Waals surface area (Å²) in [6.45, 7) is 1.73. The fourth-order valence-electron chi connectivity index (χ4n) is 1.72. The van der Waals surface area contributed by atoms with Gasteiger partial charge in [0.15, 0.2) is 0 Å². The van der Waals surface area contributed by atoms with Gasteiger partial charge in [-0.05, 0) is 12.0 Å². The van der Waals surface area contributed by atoms with Gasteiger partial charge >= 0.3 is 0 Å². The van der Waals surface area contributed by atoms with E-state index in [2.05, 4.69) is 10.6 Å². The van der Waals surface area contributed by atoms with Gasteiger partial charge in [0, 0.05) is 13.5 Å². The monoisotopic (exact) mass is 277 g/mol. The lowest BCUT2D eigenvalue weighted by molar-refractivity contribution is -0.129. The lowest BCUT2D eigenvalue weighted by Gasteiger charge is -2.14. The summed E-state index contributed by atoms with van der Waals surface area (Å²) in [5, 5.41) is 5.04. The van der Waals surface area contributed by atoms with Crippen molar-refractivity contribution in [2.24, 2.45) is 5.73 Å². The van der Waals surface area contributed by atoms with Crippen LogP contribution < -0.4 is 16.4 Å². The molecule has 1 rings (SSSR count). The molecule has 0 aliphatic carbocycles. The van der Waals surface area contributed by atoms with Gasteiger partial charge in [-0.3, -0.25) is 14.4 Å².